The molecule has 0 heterocycles. The first-order valence-corrected chi connectivity index (χ1v) is 10.8. The molecule has 11 heteroatoms. The Labute approximate surface area is 166 Å². The maximum atomic E-state index is 12.4. The highest BCUT2D eigenvalue weighted by atomic mass is 32.2. The number of benzene rings is 3. The fourth-order valence-corrected chi connectivity index (χ4v) is 4.18. The highest BCUT2D eigenvalue weighted by Crippen LogP contribution is 2.34. The summed E-state index contributed by atoms with van der Waals surface area (Å²) in [7, 11) is -8.63. The van der Waals surface area contributed by atoms with Crippen LogP contribution in [0.5, 0.6) is 11.5 Å². The standard InChI is InChI=1S/C18H13NO8S2/c20-19(21)17-12-11-14(26-28(22,23)15-7-3-1-4-8-15)13-18(17)27-29(24,25)16-9-5-2-6-10-16/h1-13H. The number of hydrogen-bond donors (Lipinski definition) is 0. The molecule has 9 nitrogen and oxygen atoms in total. The van der Waals surface area contributed by atoms with Crippen molar-refractivity contribution in [2.75, 3.05) is 0 Å². The lowest BCUT2D eigenvalue weighted by Gasteiger charge is -2.10. The van der Waals surface area contributed by atoms with Crippen LogP contribution < -0.4 is 8.37 Å². The van der Waals surface area contributed by atoms with Crippen molar-refractivity contribution in [1.82, 2.24) is 0 Å². The van der Waals surface area contributed by atoms with Gasteiger partial charge in [0.25, 0.3) is 0 Å². The molecule has 0 aliphatic carbocycles. The second-order valence-corrected chi connectivity index (χ2v) is 8.68. The minimum atomic E-state index is -4.39. The molecule has 3 aromatic carbocycles. The third-order valence-corrected chi connectivity index (χ3v) is 6.11. The van der Waals surface area contributed by atoms with Gasteiger partial charge in [0.05, 0.1) is 4.92 Å². The summed E-state index contributed by atoms with van der Waals surface area (Å²) in [5, 5.41) is 11.2. The predicted octanol–water partition coefficient (Wildman–Crippen LogP) is 3.13. The van der Waals surface area contributed by atoms with Crippen LogP contribution in [-0.4, -0.2) is 21.8 Å². The van der Waals surface area contributed by atoms with Crippen LogP contribution in [0.3, 0.4) is 0 Å². The zero-order valence-corrected chi connectivity index (χ0v) is 16.2. The molecule has 0 aliphatic rings. The minimum Gasteiger partial charge on any atom is -0.379 e. The molecule has 0 N–H and O–H groups in total. The Bertz CT molecular complexity index is 1240. The Morgan fingerprint density at radius 3 is 1.66 bits per heavy atom. The summed E-state index contributed by atoms with van der Waals surface area (Å²) in [4.78, 5) is 10.0. The van der Waals surface area contributed by atoms with E-state index in [1.165, 1.54) is 48.5 Å². The van der Waals surface area contributed by atoms with E-state index in [0.29, 0.717) is 0 Å². The molecular weight excluding hydrogens is 422 g/mol. The number of rotatable bonds is 7. The molecule has 0 amide bonds. The van der Waals surface area contributed by atoms with E-state index >= 15 is 0 Å². The van der Waals surface area contributed by atoms with Gasteiger partial charge < -0.3 is 8.37 Å². The molecule has 0 spiro atoms. The molecule has 150 valence electrons. The fraction of sp³-hybridized carbons (Fsp3) is 0. The molecular formula is C18H13NO8S2. The van der Waals surface area contributed by atoms with E-state index in [9.17, 15) is 26.9 Å². The summed E-state index contributed by atoms with van der Waals surface area (Å²) in [6.07, 6.45) is 0. The quantitative estimate of drug-likeness (QED) is 0.314. The average Bonchev–Trinajstić information content (AvgIpc) is 2.69. The van der Waals surface area contributed by atoms with Crippen LogP contribution in [0.2, 0.25) is 0 Å². The first-order chi connectivity index (χ1) is 13.7. The molecule has 0 aliphatic heterocycles. The maximum Gasteiger partial charge on any atom is 0.339 e. The van der Waals surface area contributed by atoms with Gasteiger partial charge in [0, 0.05) is 12.1 Å². The van der Waals surface area contributed by atoms with Gasteiger partial charge in [-0.1, -0.05) is 36.4 Å². The number of nitro benzene ring substituents is 1. The van der Waals surface area contributed by atoms with Crippen molar-refractivity contribution in [3.63, 3.8) is 0 Å². The number of nitrogens with zero attached hydrogens (tertiary/aromatic N) is 1. The summed E-state index contributed by atoms with van der Waals surface area (Å²) in [5.41, 5.74) is -0.672. The van der Waals surface area contributed by atoms with Crippen LogP contribution in [0.1, 0.15) is 0 Å². The van der Waals surface area contributed by atoms with Crippen molar-refractivity contribution < 1.29 is 30.1 Å². The molecule has 0 saturated heterocycles. The maximum absolute atomic E-state index is 12.4. The molecule has 3 aromatic rings. The van der Waals surface area contributed by atoms with Gasteiger partial charge in [0.1, 0.15) is 15.5 Å². The Kier molecular flexibility index (Phi) is 5.52. The second-order valence-electron chi connectivity index (χ2n) is 5.59. The molecule has 0 saturated carbocycles. The molecule has 29 heavy (non-hydrogen) atoms. The van der Waals surface area contributed by atoms with Crippen molar-refractivity contribution >= 4 is 25.9 Å². The highest BCUT2D eigenvalue weighted by molar-refractivity contribution is 7.87. The summed E-state index contributed by atoms with van der Waals surface area (Å²) >= 11 is 0. The summed E-state index contributed by atoms with van der Waals surface area (Å²) in [6, 6.07) is 17.0. The summed E-state index contributed by atoms with van der Waals surface area (Å²) in [5.74, 6) is -1.03. The molecule has 0 aromatic heterocycles. The van der Waals surface area contributed by atoms with Gasteiger partial charge in [-0.2, -0.15) is 16.8 Å². The second kappa shape index (κ2) is 7.89. The molecule has 0 unspecified atom stereocenters. The van der Waals surface area contributed by atoms with Gasteiger partial charge in [0.15, 0.2) is 0 Å². The van der Waals surface area contributed by atoms with Gasteiger partial charge in [-0.3, -0.25) is 10.1 Å². The van der Waals surface area contributed by atoms with Crippen LogP contribution in [0.25, 0.3) is 0 Å². The van der Waals surface area contributed by atoms with E-state index in [0.717, 1.165) is 18.2 Å². The van der Waals surface area contributed by atoms with E-state index in [1.807, 2.05) is 0 Å². The van der Waals surface area contributed by atoms with E-state index < -0.39 is 36.6 Å². The molecule has 0 atom stereocenters. The normalized spacial score (nSPS) is 11.6. The van der Waals surface area contributed by atoms with E-state index in [-0.39, 0.29) is 15.5 Å². The Hall–Kier alpha value is -3.44. The lowest BCUT2D eigenvalue weighted by Crippen LogP contribution is -2.12. The van der Waals surface area contributed by atoms with Crippen molar-refractivity contribution in [1.29, 1.82) is 0 Å². The minimum absolute atomic E-state index is 0.141. The van der Waals surface area contributed by atoms with Crippen molar-refractivity contribution in [3.05, 3.63) is 89.0 Å². The molecule has 0 radical (unpaired) electrons. The number of nitro groups is 1. The topological polar surface area (TPSA) is 130 Å². The number of hydrogen-bond acceptors (Lipinski definition) is 8. The van der Waals surface area contributed by atoms with E-state index in [1.54, 1.807) is 12.1 Å². The van der Waals surface area contributed by atoms with Gasteiger partial charge in [0.2, 0.25) is 5.75 Å². The largest absolute Gasteiger partial charge is 0.379 e. The van der Waals surface area contributed by atoms with Crippen LogP contribution in [0, 0.1) is 10.1 Å². The van der Waals surface area contributed by atoms with Crippen LogP contribution in [-0.2, 0) is 20.2 Å². The third kappa shape index (κ3) is 4.70. The lowest BCUT2D eigenvalue weighted by atomic mass is 10.3. The zero-order valence-electron chi connectivity index (χ0n) is 14.5. The van der Waals surface area contributed by atoms with Crippen LogP contribution >= 0.6 is 0 Å². The van der Waals surface area contributed by atoms with Crippen LogP contribution in [0.4, 0.5) is 5.69 Å². The van der Waals surface area contributed by atoms with Gasteiger partial charge in [-0.15, -0.1) is 0 Å². The monoisotopic (exact) mass is 435 g/mol. The predicted molar refractivity (Wildman–Crippen MR) is 102 cm³/mol. The van der Waals surface area contributed by atoms with Gasteiger partial charge in [-0.25, -0.2) is 0 Å². The Morgan fingerprint density at radius 2 is 1.17 bits per heavy atom. The van der Waals surface area contributed by atoms with Crippen LogP contribution in [0.15, 0.2) is 88.7 Å². The smallest absolute Gasteiger partial charge is 0.339 e. The van der Waals surface area contributed by atoms with Gasteiger partial charge >= 0.3 is 25.9 Å². The fourth-order valence-electron chi connectivity index (χ4n) is 2.28. The Morgan fingerprint density at radius 1 is 0.690 bits per heavy atom. The van der Waals surface area contributed by atoms with E-state index in [4.69, 9.17) is 8.37 Å². The highest BCUT2D eigenvalue weighted by Gasteiger charge is 2.25. The van der Waals surface area contributed by atoms with Crippen molar-refractivity contribution in [2.24, 2.45) is 0 Å². The SMILES string of the molecule is O=[N+]([O-])c1ccc(OS(=O)(=O)c2ccccc2)cc1OS(=O)(=O)c1ccccc1. The van der Waals surface area contributed by atoms with E-state index in [2.05, 4.69) is 0 Å². The lowest BCUT2D eigenvalue weighted by molar-refractivity contribution is -0.385. The average molecular weight is 435 g/mol. The summed E-state index contributed by atoms with van der Waals surface area (Å²) < 4.78 is 59.3. The first kappa shape index (κ1) is 20.3. The first-order valence-electron chi connectivity index (χ1n) is 7.96. The zero-order chi connectivity index (χ0) is 21.1. The van der Waals surface area contributed by atoms with Crippen molar-refractivity contribution in [3.8, 4) is 11.5 Å². The molecule has 0 bridgehead atoms. The Balaban J connectivity index is 1.98. The van der Waals surface area contributed by atoms with Gasteiger partial charge in [-0.05, 0) is 30.3 Å². The molecule has 0 fully saturated rings. The third-order valence-electron chi connectivity index (χ3n) is 3.60. The summed E-state index contributed by atoms with van der Waals surface area (Å²) in [6.45, 7) is 0. The molecule has 3 rings (SSSR count). The van der Waals surface area contributed by atoms with Crippen molar-refractivity contribution in [2.45, 2.75) is 9.79 Å².